The fraction of sp³-hybridized carbons (Fsp3) is 0.417. The molecule has 0 spiro atoms. The van der Waals surface area contributed by atoms with Gasteiger partial charge in [-0.2, -0.15) is 0 Å². The second-order valence-corrected chi connectivity index (χ2v) is 9.36. The Morgan fingerprint density at radius 1 is 1.18 bits per heavy atom. The molecule has 1 amide bonds. The molecule has 0 bridgehead atoms. The largest absolute Gasteiger partial charge is 0.493 e. The number of non-ortho nitro benzene ring substituents is 1. The van der Waals surface area contributed by atoms with E-state index >= 15 is 0 Å². The maximum atomic E-state index is 12.3. The van der Waals surface area contributed by atoms with Crippen LogP contribution in [0, 0.1) is 10.1 Å². The van der Waals surface area contributed by atoms with Crippen molar-refractivity contribution in [3.63, 3.8) is 0 Å². The van der Waals surface area contributed by atoms with Crippen LogP contribution in [0.2, 0.25) is 0 Å². The summed E-state index contributed by atoms with van der Waals surface area (Å²) in [5.74, 6) is -1.38. The lowest BCUT2D eigenvalue weighted by Crippen LogP contribution is -2.35. The monoisotopic (exact) mass is 444 g/mol. The molecule has 0 atom stereocenters. The number of hydrogen-bond donors (Lipinski definition) is 6. The highest BCUT2D eigenvalue weighted by Crippen LogP contribution is 2.68. The van der Waals surface area contributed by atoms with Gasteiger partial charge in [-0.1, -0.05) is 0 Å². The van der Waals surface area contributed by atoms with Gasteiger partial charge in [0.2, 0.25) is 0 Å². The summed E-state index contributed by atoms with van der Waals surface area (Å²) in [5.41, 5.74) is -0.908. The highest BCUT2D eigenvalue weighted by atomic mass is 31.2. The van der Waals surface area contributed by atoms with Crippen LogP contribution in [-0.4, -0.2) is 61.4 Å². The molecule has 1 rings (SSSR count). The summed E-state index contributed by atoms with van der Waals surface area (Å²) in [6, 6.07) is 1.84. The first-order valence-corrected chi connectivity index (χ1v) is 10.4. The van der Waals surface area contributed by atoms with Gasteiger partial charge in [0.1, 0.15) is 0 Å². The Kier molecular flexibility index (Phi) is 7.31. The fourth-order valence-corrected chi connectivity index (χ4v) is 4.29. The third-order valence-corrected chi connectivity index (χ3v) is 7.47. The first-order valence-electron chi connectivity index (χ1n) is 7.22. The first kappa shape index (κ1) is 24.0. The molecule has 0 aliphatic heterocycles. The van der Waals surface area contributed by atoms with Crippen LogP contribution in [0.25, 0.3) is 0 Å². The van der Waals surface area contributed by atoms with Crippen LogP contribution in [0.1, 0.15) is 16.8 Å². The zero-order valence-electron chi connectivity index (χ0n) is 14.5. The van der Waals surface area contributed by atoms with Crippen molar-refractivity contribution in [3.05, 3.63) is 27.8 Å². The molecule has 0 aliphatic carbocycles. The van der Waals surface area contributed by atoms with Crippen molar-refractivity contribution >= 4 is 26.8 Å². The Morgan fingerprint density at radius 3 is 2.11 bits per heavy atom. The molecule has 0 saturated carbocycles. The van der Waals surface area contributed by atoms with Gasteiger partial charge >= 0.3 is 15.2 Å². The molecule has 1 aromatic carbocycles. The van der Waals surface area contributed by atoms with Crippen molar-refractivity contribution in [1.29, 1.82) is 0 Å². The summed E-state index contributed by atoms with van der Waals surface area (Å²) in [7, 11) is -9.04. The quantitative estimate of drug-likeness (QED) is 0.164. The van der Waals surface area contributed by atoms with Crippen molar-refractivity contribution in [1.82, 2.24) is 5.32 Å². The Bertz CT molecular complexity index is 838. The van der Waals surface area contributed by atoms with Gasteiger partial charge in [-0.15, -0.1) is 0 Å². The predicted molar refractivity (Wildman–Crippen MR) is 92.2 cm³/mol. The van der Waals surface area contributed by atoms with Gasteiger partial charge in [0.25, 0.3) is 16.7 Å². The summed E-state index contributed by atoms with van der Waals surface area (Å²) < 4.78 is 32.4. The highest BCUT2D eigenvalue weighted by molar-refractivity contribution is 7.72. The lowest BCUT2D eigenvalue weighted by molar-refractivity contribution is -0.385. The number of nitro benzene ring substituents is 1. The summed E-state index contributed by atoms with van der Waals surface area (Å²) in [6.45, 7) is -0.792. The van der Waals surface area contributed by atoms with Crippen LogP contribution in [0.4, 0.5) is 5.69 Å². The third-order valence-electron chi connectivity index (χ3n) is 3.60. The van der Waals surface area contributed by atoms with E-state index in [-0.39, 0.29) is 17.1 Å². The topological polar surface area (TPSA) is 226 Å². The molecular formula is C12H18N2O12P2. The number of nitrogens with zero attached hydrogens (tertiary/aromatic N) is 1. The number of nitro groups is 1. The summed E-state index contributed by atoms with van der Waals surface area (Å²) >= 11 is 0. The average Bonchev–Trinajstić information content (AvgIpc) is 2.57. The van der Waals surface area contributed by atoms with E-state index in [0.717, 1.165) is 19.2 Å². The number of nitrogens with one attached hydrogen (secondary N) is 1. The van der Waals surface area contributed by atoms with Crippen molar-refractivity contribution in [3.8, 4) is 11.5 Å². The molecule has 28 heavy (non-hydrogen) atoms. The molecule has 1 aromatic rings. The molecule has 0 aliphatic rings. The minimum atomic E-state index is -5.68. The van der Waals surface area contributed by atoms with Gasteiger partial charge in [0.15, 0.2) is 11.5 Å². The van der Waals surface area contributed by atoms with Gasteiger partial charge in [-0.05, 0) is 0 Å². The van der Waals surface area contributed by atoms with Crippen molar-refractivity contribution < 1.29 is 53.0 Å². The summed E-state index contributed by atoms with van der Waals surface area (Å²) in [4.78, 5) is 58.7. The van der Waals surface area contributed by atoms with E-state index < -0.39 is 49.8 Å². The summed E-state index contributed by atoms with van der Waals surface area (Å²) in [6.07, 6.45) is -1.21. The molecule has 0 saturated heterocycles. The highest BCUT2D eigenvalue weighted by Gasteiger charge is 2.58. The van der Waals surface area contributed by atoms with Gasteiger partial charge in [-0.3, -0.25) is 24.0 Å². The van der Waals surface area contributed by atoms with Crippen LogP contribution in [0.15, 0.2) is 12.1 Å². The number of rotatable bonds is 9. The Balaban J connectivity index is 3.15. The number of carbonyl (C=O) groups excluding carboxylic acids is 1. The zero-order chi connectivity index (χ0) is 21.9. The maximum absolute atomic E-state index is 12.3. The Hall–Kier alpha value is -2.05. The lowest BCUT2D eigenvalue weighted by atomic mass is 10.1. The van der Waals surface area contributed by atoms with Gasteiger partial charge < -0.3 is 39.5 Å². The number of carbonyl (C=O) groups is 1. The number of aliphatic hydroxyl groups is 1. The standard InChI is InChI=1S/C12H18N2O12P2/c1-25-9-6-7(14(17)18)5-8(10(9)26-2)11(15)13-4-3-12(16,27(19,20)21)28(22,23)24/h5-6,16H,3-4H2,1-2H3,(H,13,15)(H2,19,20,21)(H2,22,23,24). The number of amides is 1. The summed E-state index contributed by atoms with van der Waals surface area (Å²) in [5, 5.41) is 19.1. The van der Waals surface area contributed by atoms with E-state index in [1.807, 2.05) is 5.32 Å². The van der Waals surface area contributed by atoms with E-state index in [1.165, 1.54) is 7.11 Å². The predicted octanol–water partition coefficient (Wildman–Crippen LogP) is -0.267. The smallest absolute Gasteiger partial charge is 0.369 e. The molecule has 0 aromatic heterocycles. The minimum absolute atomic E-state index is 0.149. The second-order valence-electron chi connectivity index (χ2n) is 5.35. The average molecular weight is 444 g/mol. The molecule has 0 fully saturated rings. The first-order chi connectivity index (χ1) is 12.7. The third kappa shape index (κ3) is 4.86. The van der Waals surface area contributed by atoms with Crippen molar-refractivity contribution in [2.45, 2.75) is 11.5 Å². The van der Waals surface area contributed by atoms with Crippen LogP contribution in [0.3, 0.4) is 0 Å². The minimum Gasteiger partial charge on any atom is -0.493 e. The van der Waals surface area contributed by atoms with E-state index in [0.29, 0.717) is 0 Å². The van der Waals surface area contributed by atoms with Crippen molar-refractivity contribution in [2.24, 2.45) is 0 Å². The number of methoxy groups -OCH3 is 2. The van der Waals surface area contributed by atoms with Crippen LogP contribution >= 0.6 is 15.2 Å². The molecule has 0 radical (unpaired) electrons. The molecule has 6 N–H and O–H groups in total. The Labute approximate surface area is 157 Å². The van der Waals surface area contributed by atoms with E-state index in [2.05, 4.69) is 0 Å². The molecule has 14 nitrogen and oxygen atoms in total. The number of hydrogen-bond acceptors (Lipinski definition) is 8. The fourth-order valence-electron chi connectivity index (χ4n) is 2.12. The maximum Gasteiger partial charge on any atom is 0.369 e. The van der Waals surface area contributed by atoms with Crippen LogP contribution < -0.4 is 14.8 Å². The molecule has 16 heteroatoms. The molecule has 158 valence electrons. The van der Waals surface area contributed by atoms with Gasteiger partial charge in [-0.25, -0.2) is 0 Å². The van der Waals surface area contributed by atoms with Crippen LogP contribution in [0.5, 0.6) is 11.5 Å². The molecule has 0 heterocycles. The van der Waals surface area contributed by atoms with Crippen LogP contribution in [-0.2, 0) is 9.13 Å². The van der Waals surface area contributed by atoms with E-state index in [4.69, 9.17) is 29.0 Å². The number of ether oxygens (including phenoxy) is 2. The van der Waals surface area contributed by atoms with Gasteiger partial charge in [0.05, 0.1) is 30.8 Å². The number of benzene rings is 1. The normalized spacial score (nSPS) is 12.4. The SMILES string of the molecule is COc1cc([N+](=O)[O-])cc(C(=O)NCCC(O)(P(=O)(O)O)P(=O)(O)O)c1OC. The Morgan fingerprint density at radius 2 is 1.71 bits per heavy atom. The second kappa shape index (κ2) is 8.53. The zero-order valence-corrected chi connectivity index (χ0v) is 16.3. The van der Waals surface area contributed by atoms with Gasteiger partial charge in [0, 0.05) is 19.0 Å². The van der Waals surface area contributed by atoms with E-state index in [9.17, 15) is 29.1 Å². The molecular weight excluding hydrogens is 426 g/mol. The lowest BCUT2D eigenvalue weighted by Gasteiger charge is -2.29. The van der Waals surface area contributed by atoms with Crippen molar-refractivity contribution in [2.75, 3.05) is 20.8 Å². The van der Waals surface area contributed by atoms with E-state index in [1.54, 1.807) is 0 Å². The molecule has 0 unspecified atom stereocenters.